The van der Waals surface area contributed by atoms with Crippen LogP contribution >= 0.6 is 0 Å². The quantitative estimate of drug-likeness (QED) is 0.400. The fraction of sp³-hybridized carbons (Fsp3) is 0.333. The van der Waals surface area contributed by atoms with Gasteiger partial charge in [0.1, 0.15) is 0 Å². The molecule has 6 heteroatoms. The summed E-state index contributed by atoms with van der Waals surface area (Å²) in [4.78, 5) is 16.1. The van der Waals surface area contributed by atoms with Gasteiger partial charge in [-0.1, -0.05) is 60.7 Å². The molecule has 2 aromatic rings. The Morgan fingerprint density at radius 1 is 1.00 bits per heavy atom. The Kier molecular flexibility index (Phi) is 8.86. The van der Waals surface area contributed by atoms with Crippen LogP contribution in [0.15, 0.2) is 65.7 Å². The number of hydrogen-bond donors (Lipinski definition) is 4. The molecule has 0 spiro atoms. The zero-order valence-electron chi connectivity index (χ0n) is 15.7. The highest BCUT2D eigenvalue weighted by molar-refractivity contribution is 5.81. The third-order valence-corrected chi connectivity index (χ3v) is 4.21. The second-order valence-electron chi connectivity index (χ2n) is 6.18. The predicted molar refractivity (Wildman–Crippen MR) is 109 cm³/mol. The summed E-state index contributed by atoms with van der Waals surface area (Å²) in [6, 6.07) is 19.7. The molecular formula is C21H28N4O2. The Labute approximate surface area is 160 Å². The zero-order valence-corrected chi connectivity index (χ0v) is 15.7. The molecule has 0 fully saturated rings. The van der Waals surface area contributed by atoms with Gasteiger partial charge in [-0.15, -0.1) is 0 Å². The number of nitrogens with zero attached hydrogens (tertiary/aromatic N) is 1. The largest absolute Gasteiger partial charge is 0.396 e. The van der Waals surface area contributed by atoms with Gasteiger partial charge in [-0.3, -0.25) is 9.79 Å². The van der Waals surface area contributed by atoms with E-state index in [1.54, 1.807) is 7.05 Å². The average molecular weight is 368 g/mol. The predicted octanol–water partition coefficient (Wildman–Crippen LogP) is 1.63. The van der Waals surface area contributed by atoms with Gasteiger partial charge in [0.15, 0.2) is 5.96 Å². The summed E-state index contributed by atoms with van der Waals surface area (Å²) in [5.74, 6) is 0.582. The van der Waals surface area contributed by atoms with Crippen LogP contribution in [-0.2, 0) is 11.3 Å². The number of aliphatic hydroxyl groups excluding tert-OH is 1. The number of hydrogen-bond acceptors (Lipinski definition) is 3. The van der Waals surface area contributed by atoms with Gasteiger partial charge in [0.05, 0.1) is 6.61 Å². The molecule has 2 aromatic carbocycles. The summed E-state index contributed by atoms with van der Waals surface area (Å²) in [5, 5.41) is 18.8. The Bertz CT molecular complexity index is 705. The number of benzene rings is 2. The number of aliphatic hydroxyl groups is 1. The third-order valence-electron chi connectivity index (χ3n) is 4.21. The van der Waals surface area contributed by atoms with E-state index in [0.29, 0.717) is 32.0 Å². The van der Waals surface area contributed by atoms with Crippen molar-refractivity contribution in [2.45, 2.75) is 18.9 Å². The number of nitrogens with one attached hydrogen (secondary N) is 3. The first kappa shape index (κ1) is 20.5. The molecule has 6 nitrogen and oxygen atoms in total. The smallest absolute Gasteiger partial charge is 0.222 e. The first-order chi connectivity index (χ1) is 13.2. The first-order valence-corrected chi connectivity index (χ1v) is 9.14. The molecular weight excluding hydrogens is 340 g/mol. The van der Waals surface area contributed by atoms with Gasteiger partial charge in [-0.05, 0) is 11.1 Å². The number of amides is 1. The fourth-order valence-corrected chi connectivity index (χ4v) is 2.63. The van der Waals surface area contributed by atoms with Gasteiger partial charge < -0.3 is 21.1 Å². The zero-order chi connectivity index (χ0) is 19.3. The molecule has 0 aliphatic carbocycles. The van der Waals surface area contributed by atoms with Crippen LogP contribution in [0.4, 0.5) is 0 Å². The molecule has 0 aromatic heterocycles. The van der Waals surface area contributed by atoms with Crippen molar-refractivity contribution < 1.29 is 9.90 Å². The molecule has 2 rings (SSSR count). The molecule has 144 valence electrons. The molecule has 1 unspecified atom stereocenters. The van der Waals surface area contributed by atoms with Crippen molar-refractivity contribution >= 4 is 11.9 Å². The average Bonchev–Trinajstić information content (AvgIpc) is 2.73. The molecule has 1 atom stereocenters. The van der Waals surface area contributed by atoms with Crippen LogP contribution in [0.3, 0.4) is 0 Å². The Balaban J connectivity index is 1.68. The van der Waals surface area contributed by atoms with Crippen molar-refractivity contribution in [2.75, 3.05) is 26.7 Å². The molecule has 0 aliphatic heterocycles. The normalized spacial score (nSPS) is 12.3. The van der Waals surface area contributed by atoms with Crippen LogP contribution in [0, 0.1) is 0 Å². The fourth-order valence-electron chi connectivity index (χ4n) is 2.63. The molecule has 0 bridgehead atoms. The summed E-state index contributed by atoms with van der Waals surface area (Å²) >= 11 is 0. The lowest BCUT2D eigenvalue weighted by Gasteiger charge is -2.18. The van der Waals surface area contributed by atoms with Crippen molar-refractivity contribution in [1.29, 1.82) is 0 Å². The minimum absolute atomic E-state index is 0.0145. The van der Waals surface area contributed by atoms with Gasteiger partial charge >= 0.3 is 0 Å². The molecule has 0 heterocycles. The van der Waals surface area contributed by atoms with E-state index in [4.69, 9.17) is 0 Å². The van der Waals surface area contributed by atoms with Crippen LogP contribution in [0.2, 0.25) is 0 Å². The van der Waals surface area contributed by atoms with Crippen LogP contribution in [-0.4, -0.2) is 43.7 Å². The van der Waals surface area contributed by atoms with E-state index < -0.39 is 0 Å². The molecule has 0 radical (unpaired) electrons. The molecule has 27 heavy (non-hydrogen) atoms. The van der Waals surface area contributed by atoms with Gasteiger partial charge in [-0.2, -0.15) is 0 Å². The second kappa shape index (κ2) is 11.7. The molecule has 0 aliphatic rings. The summed E-state index contributed by atoms with van der Waals surface area (Å²) in [6.07, 6.45) is 0.357. The van der Waals surface area contributed by atoms with E-state index >= 15 is 0 Å². The van der Waals surface area contributed by atoms with Crippen molar-refractivity contribution in [3.63, 3.8) is 0 Å². The lowest BCUT2D eigenvalue weighted by molar-refractivity contribution is -0.121. The van der Waals surface area contributed by atoms with E-state index in [9.17, 15) is 9.90 Å². The molecule has 4 N–H and O–H groups in total. The van der Waals surface area contributed by atoms with E-state index in [-0.39, 0.29) is 18.4 Å². The van der Waals surface area contributed by atoms with E-state index in [1.165, 1.54) is 0 Å². The number of rotatable bonds is 9. The van der Waals surface area contributed by atoms with Crippen LogP contribution < -0.4 is 16.0 Å². The monoisotopic (exact) mass is 368 g/mol. The van der Waals surface area contributed by atoms with Crippen LogP contribution in [0.25, 0.3) is 0 Å². The minimum Gasteiger partial charge on any atom is -0.396 e. The standard InChI is InChI=1S/C21H28N4O2/c1-22-21(25-15-19(16-26)18-10-6-3-7-11-18)23-13-12-20(27)24-14-17-8-4-2-5-9-17/h2-11,19,26H,12-16H2,1H3,(H,24,27)(H2,22,23,25). The highest BCUT2D eigenvalue weighted by Crippen LogP contribution is 2.13. The number of guanidine groups is 1. The van der Waals surface area contributed by atoms with Crippen molar-refractivity contribution in [3.05, 3.63) is 71.8 Å². The lowest BCUT2D eigenvalue weighted by Crippen LogP contribution is -2.41. The van der Waals surface area contributed by atoms with Crippen LogP contribution in [0.5, 0.6) is 0 Å². The van der Waals surface area contributed by atoms with Crippen LogP contribution in [0.1, 0.15) is 23.5 Å². The maximum atomic E-state index is 11.9. The third kappa shape index (κ3) is 7.50. The summed E-state index contributed by atoms with van der Waals surface area (Å²) in [7, 11) is 1.68. The first-order valence-electron chi connectivity index (χ1n) is 9.14. The summed E-state index contributed by atoms with van der Waals surface area (Å²) < 4.78 is 0. The number of carbonyl (C=O) groups excluding carboxylic acids is 1. The minimum atomic E-state index is -0.0149. The molecule has 1 amide bonds. The molecule has 0 saturated heterocycles. The van der Waals surface area contributed by atoms with Gasteiger partial charge in [0.2, 0.25) is 5.91 Å². The van der Waals surface area contributed by atoms with Crippen molar-refractivity contribution in [1.82, 2.24) is 16.0 Å². The SMILES string of the molecule is CN=C(NCCC(=O)NCc1ccccc1)NCC(CO)c1ccccc1. The second-order valence-corrected chi connectivity index (χ2v) is 6.18. The van der Waals surface area contributed by atoms with Crippen molar-refractivity contribution in [2.24, 2.45) is 4.99 Å². The van der Waals surface area contributed by atoms with Crippen molar-refractivity contribution in [3.8, 4) is 0 Å². The van der Waals surface area contributed by atoms with E-state index in [1.807, 2.05) is 60.7 Å². The van der Waals surface area contributed by atoms with Gasteiger partial charge in [0, 0.05) is 39.0 Å². The maximum Gasteiger partial charge on any atom is 0.222 e. The summed E-state index contributed by atoms with van der Waals surface area (Å²) in [5.41, 5.74) is 2.15. The van der Waals surface area contributed by atoms with E-state index in [2.05, 4.69) is 20.9 Å². The maximum absolute atomic E-state index is 11.9. The molecule has 0 saturated carbocycles. The van der Waals surface area contributed by atoms with E-state index in [0.717, 1.165) is 11.1 Å². The summed E-state index contributed by atoms with van der Waals surface area (Å²) in [6.45, 7) is 1.62. The number of aliphatic imine (C=N–C) groups is 1. The topological polar surface area (TPSA) is 85.8 Å². The number of carbonyl (C=O) groups is 1. The highest BCUT2D eigenvalue weighted by Gasteiger charge is 2.11. The Morgan fingerprint density at radius 3 is 2.30 bits per heavy atom. The Morgan fingerprint density at radius 2 is 1.67 bits per heavy atom. The lowest BCUT2D eigenvalue weighted by atomic mass is 10.0. The van der Waals surface area contributed by atoms with Gasteiger partial charge in [0.25, 0.3) is 0 Å². The Hall–Kier alpha value is -2.86. The van der Waals surface area contributed by atoms with Gasteiger partial charge in [-0.25, -0.2) is 0 Å². The highest BCUT2D eigenvalue weighted by atomic mass is 16.3.